The molecule has 9 heteroatoms. The number of esters is 2. The number of quaternary nitrogens is 1. The molecule has 0 saturated carbocycles. The quantitative estimate of drug-likeness (QED) is 0.387. The molecular weight excluding hydrogens is 442 g/mol. The SMILES string of the molecule is COC(=O)[C@@H](C)Cc1ccc(O)c(C(C)=O)c1.COC(=O)[C@@H]([NH3+])Cc1ccc(O)c(C(C)=O)c1. The average molecular weight is 475 g/mol. The number of phenols is 2. The first-order valence-corrected chi connectivity index (χ1v) is 10.6. The highest BCUT2D eigenvalue weighted by Crippen LogP contribution is 2.21. The molecule has 0 aromatic heterocycles. The van der Waals surface area contributed by atoms with Crippen LogP contribution in [0.25, 0.3) is 0 Å². The summed E-state index contributed by atoms with van der Waals surface area (Å²) in [6.07, 6.45) is 0.848. The number of carbonyl (C=O) groups is 4. The zero-order valence-electron chi connectivity index (χ0n) is 20.1. The first-order valence-electron chi connectivity index (χ1n) is 10.6. The second kappa shape index (κ2) is 13.1. The molecule has 0 saturated heterocycles. The van der Waals surface area contributed by atoms with Crippen LogP contribution < -0.4 is 5.73 Å². The summed E-state index contributed by atoms with van der Waals surface area (Å²) in [6, 6.07) is 8.91. The molecule has 2 rings (SSSR count). The van der Waals surface area contributed by atoms with Gasteiger partial charge in [0.25, 0.3) is 0 Å². The number of ether oxygens (including phenoxy) is 2. The number of benzene rings is 2. The molecule has 0 bridgehead atoms. The number of methoxy groups -OCH3 is 2. The van der Waals surface area contributed by atoms with Gasteiger partial charge < -0.3 is 25.4 Å². The summed E-state index contributed by atoms with van der Waals surface area (Å²) in [4.78, 5) is 44.9. The molecule has 0 aliphatic rings. The predicted octanol–water partition coefficient (Wildman–Crippen LogP) is 1.87. The molecule has 0 amide bonds. The van der Waals surface area contributed by atoms with Gasteiger partial charge in [0.15, 0.2) is 17.6 Å². The Bertz CT molecular complexity index is 964. The third-order valence-corrected chi connectivity index (χ3v) is 5.04. The number of aromatic hydroxyl groups is 2. The molecule has 0 aliphatic carbocycles. The number of ketones is 2. The normalized spacial score (nSPS) is 11.9. The van der Waals surface area contributed by atoms with Crippen LogP contribution in [0.2, 0.25) is 0 Å². The van der Waals surface area contributed by atoms with Crippen molar-refractivity contribution in [3.63, 3.8) is 0 Å². The molecule has 0 fully saturated rings. The van der Waals surface area contributed by atoms with Crippen molar-refractivity contribution in [3.8, 4) is 11.5 Å². The van der Waals surface area contributed by atoms with Crippen LogP contribution in [0.4, 0.5) is 0 Å². The van der Waals surface area contributed by atoms with E-state index in [-0.39, 0.29) is 46.1 Å². The van der Waals surface area contributed by atoms with Crippen molar-refractivity contribution in [3.05, 3.63) is 58.7 Å². The highest BCUT2D eigenvalue weighted by atomic mass is 16.5. The molecule has 9 nitrogen and oxygen atoms in total. The lowest BCUT2D eigenvalue weighted by atomic mass is 9.98. The lowest BCUT2D eigenvalue weighted by molar-refractivity contribution is -0.407. The van der Waals surface area contributed by atoms with Crippen LogP contribution in [-0.4, -0.2) is 54.0 Å². The molecule has 0 spiro atoms. The van der Waals surface area contributed by atoms with Crippen molar-refractivity contribution in [2.45, 2.75) is 39.7 Å². The molecule has 0 radical (unpaired) electrons. The van der Waals surface area contributed by atoms with Gasteiger partial charge in [-0.3, -0.25) is 14.4 Å². The van der Waals surface area contributed by atoms with E-state index in [2.05, 4.69) is 15.2 Å². The Hall–Kier alpha value is -3.72. The summed E-state index contributed by atoms with van der Waals surface area (Å²) in [5.74, 6) is -1.47. The highest BCUT2D eigenvalue weighted by Gasteiger charge is 2.19. The number of rotatable bonds is 8. The molecule has 2 atom stereocenters. The van der Waals surface area contributed by atoms with Crippen molar-refractivity contribution < 1.29 is 44.6 Å². The maximum Gasteiger partial charge on any atom is 0.364 e. The van der Waals surface area contributed by atoms with E-state index in [0.717, 1.165) is 11.1 Å². The van der Waals surface area contributed by atoms with E-state index in [1.165, 1.54) is 40.2 Å². The number of hydrogen-bond donors (Lipinski definition) is 3. The molecule has 2 aromatic carbocycles. The molecule has 0 heterocycles. The predicted molar refractivity (Wildman–Crippen MR) is 124 cm³/mol. The molecule has 34 heavy (non-hydrogen) atoms. The van der Waals surface area contributed by atoms with E-state index in [4.69, 9.17) is 0 Å². The van der Waals surface area contributed by atoms with Gasteiger partial charge in [-0.15, -0.1) is 0 Å². The summed E-state index contributed by atoms with van der Waals surface area (Å²) in [7, 11) is 2.65. The second-order valence-electron chi connectivity index (χ2n) is 7.87. The smallest absolute Gasteiger partial charge is 0.364 e. The highest BCUT2D eigenvalue weighted by molar-refractivity contribution is 5.97. The summed E-state index contributed by atoms with van der Waals surface area (Å²) in [5.41, 5.74) is 5.79. The number of Topliss-reactive ketones (excluding diaryl/α,β-unsaturated/α-hetero) is 2. The van der Waals surface area contributed by atoms with Gasteiger partial charge in [-0.2, -0.15) is 0 Å². The maximum atomic E-state index is 11.3. The zero-order chi connectivity index (χ0) is 26.0. The lowest BCUT2D eigenvalue weighted by Crippen LogP contribution is -2.66. The second-order valence-corrected chi connectivity index (χ2v) is 7.87. The fourth-order valence-electron chi connectivity index (χ4n) is 3.16. The number of phenolic OH excluding ortho intramolecular Hbond substituents is 2. The van der Waals surface area contributed by atoms with E-state index in [1.54, 1.807) is 31.2 Å². The number of carbonyl (C=O) groups excluding carboxylic acids is 4. The van der Waals surface area contributed by atoms with Crippen molar-refractivity contribution in [1.82, 2.24) is 0 Å². The van der Waals surface area contributed by atoms with Gasteiger partial charge in [0.05, 0.1) is 31.3 Å². The van der Waals surface area contributed by atoms with Gasteiger partial charge in [0.2, 0.25) is 0 Å². The summed E-state index contributed by atoms with van der Waals surface area (Å²) < 4.78 is 9.20. The molecule has 5 N–H and O–H groups in total. The van der Waals surface area contributed by atoms with Crippen LogP contribution in [0.5, 0.6) is 11.5 Å². The van der Waals surface area contributed by atoms with Crippen LogP contribution in [0.3, 0.4) is 0 Å². The maximum absolute atomic E-state index is 11.3. The van der Waals surface area contributed by atoms with E-state index >= 15 is 0 Å². The summed E-state index contributed by atoms with van der Waals surface area (Å²) in [5, 5.41) is 18.9. The summed E-state index contributed by atoms with van der Waals surface area (Å²) >= 11 is 0. The fraction of sp³-hybridized carbons (Fsp3) is 0.360. The molecule has 2 aromatic rings. The Labute approximate surface area is 198 Å². The minimum atomic E-state index is -0.524. The van der Waals surface area contributed by atoms with E-state index < -0.39 is 12.0 Å². The van der Waals surface area contributed by atoms with Gasteiger partial charge in [-0.25, -0.2) is 4.79 Å². The third kappa shape index (κ3) is 8.32. The van der Waals surface area contributed by atoms with Gasteiger partial charge in [-0.05, 0) is 55.7 Å². The molecule has 184 valence electrons. The Balaban J connectivity index is 0.000000340. The van der Waals surface area contributed by atoms with Gasteiger partial charge >= 0.3 is 11.9 Å². The Morgan fingerprint density at radius 2 is 1.21 bits per heavy atom. The minimum Gasteiger partial charge on any atom is -0.507 e. The van der Waals surface area contributed by atoms with Crippen molar-refractivity contribution in [2.75, 3.05) is 14.2 Å². The number of hydrogen-bond acceptors (Lipinski definition) is 8. The minimum absolute atomic E-state index is 0.0352. The van der Waals surface area contributed by atoms with Crippen LogP contribution in [0, 0.1) is 5.92 Å². The van der Waals surface area contributed by atoms with Gasteiger partial charge in [-0.1, -0.05) is 19.1 Å². The van der Waals surface area contributed by atoms with Crippen molar-refractivity contribution >= 4 is 23.5 Å². The largest absolute Gasteiger partial charge is 0.507 e. The van der Waals surface area contributed by atoms with E-state index in [1.807, 2.05) is 0 Å². The topological polar surface area (TPSA) is 155 Å². The molecular formula is C25H32NO8+. The van der Waals surface area contributed by atoms with Gasteiger partial charge in [0, 0.05) is 6.42 Å². The fourth-order valence-corrected chi connectivity index (χ4v) is 3.16. The molecule has 0 unspecified atom stereocenters. The van der Waals surface area contributed by atoms with E-state index in [0.29, 0.717) is 12.8 Å². The van der Waals surface area contributed by atoms with Crippen molar-refractivity contribution in [2.24, 2.45) is 5.92 Å². The van der Waals surface area contributed by atoms with Crippen LogP contribution in [-0.2, 0) is 31.9 Å². The van der Waals surface area contributed by atoms with Crippen LogP contribution in [0.15, 0.2) is 36.4 Å². The van der Waals surface area contributed by atoms with Gasteiger partial charge in [0.1, 0.15) is 11.5 Å². The first-order chi connectivity index (χ1) is 15.9. The van der Waals surface area contributed by atoms with Crippen LogP contribution >= 0.6 is 0 Å². The molecule has 0 aliphatic heterocycles. The standard InChI is InChI=1S/C13H16O4.C12H15NO4/c1-8(13(16)17-3)6-10-4-5-12(15)11(7-10)9(2)14;1-7(14)9-5-8(3-4-11(9)15)6-10(13)12(16)17-2/h4-5,7-8,15H,6H2,1-3H3;3-5,10,15H,6,13H2,1-2H3/p+1/t8-;10-/m00/s1. The monoisotopic (exact) mass is 474 g/mol. The Morgan fingerprint density at radius 3 is 1.59 bits per heavy atom. The lowest BCUT2D eigenvalue weighted by Gasteiger charge is -2.10. The first kappa shape index (κ1) is 28.3. The third-order valence-electron chi connectivity index (χ3n) is 5.04. The Kier molecular flexibility index (Phi) is 10.9. The average Bonchev–Trinajstić information content (AvgIpc) is 2.80. The van der Waals surface area contributed by atoms with E-state index in [9.17, 15) is 29.4 Å². The van der Waals surface area contributed by atoms with Crippen LogP contribution in [0.1, 0.15) is 52.6 Å². The zero-order valence-corrected chi connectivity index (χ0v) is 20.1. The van der Waals surface area contributed by atoms with Crippen molar-refractivity contribution in [1.29, 1.82) is 0 Å². The summed E-state index contributed by atoms with van der Waals surface area (Å²) in [6.45, 7) is 4.52. The Morgan fingerprint density at radius 1 is 0.794 bits per heavy atom.